The first-order valence-corrected chi connectivity index (χ1v) is 9.31. The number of para-hydroxylation sites is 1. The Morgan fingerprint density at radius 2 is 1.56 bits per heavy atom. The quantitative estimate of drug-likeness (QED) is 0.870. The van der Waals surface area contributed by atoms with Crippen LogP contribution in [0, 0.1) is 0 Å². The van der Waals surface area contributed by atoms with Crippen molar-refractivity contribution in [3.8, 4) is 0 Å². The third kappa shape index (κ3) is 2.74. The third-order valence-corrected chi connectivity index (χ3v) is 5.44. The maximum Gasteiger partial charge on any atom is 0.0721 e. The van der Waals surface area contributed by atoms with Gasteiger partial charge in [0.15, 0.2) is 0 Å². The van der Waals surface area contributed by atoms with Gasteiger partial charge in [-0.1, -0.05) is 42.5 Å². The minimum atomic E-state index is 0.223. The highest BCUT2D eigenvalue weighted by Crippen LogP contribution is 2.44. The Hall–Kier alpha value is -1.88. The summed E-state index contributed by atoms with van der Waals surface area (Å²) in [5.74, 6) is 0. The van der Waals surface area contributed by atoms with Crippen molar-refractivity contribution >= 4 is 5.69 Å². The topological polar surface area (TPSA) is 30.5 Å². The van der Waals surface area contributed by atoms with E-state index in [9.17, 15) is 0 Å². The summed E-state index contributed by atoms with van der Waals surface area (Å²) in [6.45, 7) is 9.98. The van der Waals surface area contributed by atoms with E-state index in [4.69, 9.17) is 0 Å². The Morgan fingerprint density at radius 3 is 2.28 bits per heavy atom. The molecule has 0 aromatic heterocycles. The smallest absolute Gasteiger partial charge is 0.0721 e. The first kappa shape index (κ1) is 16.6. The lowest BCUT2D eigenvalue weighted by atomic mass is 9.87. The number of fused-ring (bicyclic) bond motifs is 5. The maximum absolute atomic E-state index is 3.56. The van der Waals surface area contributed by atoms with Gasteiger partial charge in [-0.15, -0.1) is 0 Å². The van der Waals surface area contributed by atoms with Crippen molar-refractivity contribution in [3.05, 3.63) is 65.2 Å². The average molecular weight is 336 g/mol. The molecule has 4 nitrogen and oxygen atoms in total. The maximum atomic E-state index is 3.56. The van der Waals surface area contributed by atoms with Crippen LogP contribution in [0.1, 0.15) is 56.5 Å². The molecule has 2 aliphatic rings. The van der Waals surface area contributed by atoms with E-state index < -0.39 is 0 Å². The molecular weight excluding hydrogens is 308 g/mol. The molecule has 2 N–H and O–H groups in total. The number of benzene rings is 2. The first-order valence-electron chi connectivity index (χ1n) is 9.31. The lowest BCUT2D eigenvalue weighted by Crippen LogP contribution is -2.42. The standard InChI is InChI=1S/C21H28N4/c1-14(2)24-13-16-9-5-6-10-17(16)21-20(22-23-25(21)15(3)4)18-11-7-8-12-19(18)24/h5-12,14-15,20-23H,13H2,1-4H3. The summed E-state index contributed by atoms with van der Waals surface area (Å²) >= 11 is 0. The second kappa shape index (κ2) is 6.45. The van der Waals surface area contributed by atoms with Crippen molar-refractivity contribution < 1.29 is 0 Å². The van der Waals surface area contributed by atoms with E-state index in [1.165, 1.54) is 22.4 Å². The fraction of sp³-hybridized carbons (Fsp3) is 0.429. The Balaban J connectivity index is 1.92. The van der Waals surface area contributed by atoms with Gasteiger partial charge in [0, 0.05) is 24.3 Å². The van der Waals surface area contributed by atoms with Crippen LogP contribution in [-0.4, -0.2) is 17.1 Å². The lowest BCUT2D eigenvalue weighted by Gasteiger charge is -2.38. The summed E-state index contributed by atoms with van der Waals surface area (Å²) in [6.07, 6.45) is 0. The van der Waals surface area contributed by atoms with Crippen molar-refractivity contribution in [3.63, 3.8) is 0 Å². The van der Waals surface area contributed by atoms with Crippen LogP contribution in [0.2, 0.25) is 0 Å². The monoisotopic (exact) mass is 336 g/mol. The molecule has 2 aliphatic heterocycles. The zero-order valence-corrected chi connectivity index (χ0v) is 15.5. The highest BCUT2D eigenvalue weighted by molar-refractivity contribution is 5.58. The van der Waals surface area contributed by atoms with Crippen LogP contribution in [-0.2, 0) is 6.54 Å². The number of nitrogens with zero attached hydrogens (tertiary/aromatic N) is 2. The van der Waals surface area contributed by atoms with E-state index in [1.807, 2.05) is 0 Å². The molecule has 0 saturated carbocycles. The average Bonchev–Trinajstić information content (AvgIpc) is 3.03. The molecule has 132 valence electrons. The number of hydrogen-bond acceptors (Lipinski definition) is 4. The van der Waals surface area contributed by atoms with Crippen molar-refractivity contribution in [2.75, 3.05) is 4.90 Å². The van der Waals surface area contributed by atoms with E-state index >= 15 is 0 Å². The van der Waals surface area contributed by atoms with E-state index in [-0.39, 0.29) is 12.1 Å². The van der Waals surface area contributed by atoms with Crippen LogP contribution in [0.5, 0.6) is 0 Å². The fourth-order valence-electron chi connectivity index (χ4n) is 4.19. The molecule has 2 heterocycles. The molecule has 2 unspecified atom stereocenters. The van der Waals surface area contributed by atoms with Gasteiger partial charge in [-0.2, -0.15) is 5.53 Å². The molecule has 1 fully saturated rings. The van der Waals surface area contributed by atoms with Gasteiger partial charge in [0.05, 0.1) is 12.1 Å². The van der Waals surface area contributed by atoms with Gasteiger partial charge in [-0.05, 0) is 50.5 Å². The van der Waals surface area contributed by atoms with Crippen molar-refractivity contribution in [1.82, 2.24) is 16.0 Å². The molecule has 1 saturated heterocycles. The van der Waals surface area contributed by atoms with Gasteiger partial charge in [-0.25, -0.2) is 10.4 Å². The van der Waals surface area contributed by atoms with Crippen molar-refractivity contribution in [1.29, 1.82) is 0 Å². The van der Waals surface area contributed by atoms with Gasteiger partial charge >= 0.3 is 0 Å². The molecule has 4 heteroatoms. The highest BCUT2D eigenvalue weighted by Gasteiger charge is 2.41. The molecule has 0 aliphatic carbocycles. The second-order valence-electron chi connectivity index (χ2n) is 7.66. The molecule has 0 amide bonds. The molecular formula is C21H28N4. The zero-order chi connectivity index (χ0) is 17.6. The molecule has 0 bridgehead atoms. The highest BCUT2D eigenvalue weighted by atomic mass is 15.7. The lowest BCUT2D eigenvalue weighted by molar-refractivity contribution is 0.129. The largest absolute Gasteiger partial charge is 0.364 e. The van der Waals surface area contributed by atoms with Gasteiger partial charge in [0.25, 0.3) is 0 Å². The van der Waals surface area contributed by atoms with Crippen molar-refractivity contribution in [2.24, 2.45) is 0 Å². The summed E-state index contributed by atoms with van der Waals surface area (Å²) in [4.78, 5) is 2.52. The van der Waals surface area contributed by atoms with Crippen LogP contribution in [0.15, 0.2) is 48.5 Å². The Labute approximate surface area is 150 Å². The van der Waals surface area contributed by atoms with Crippen LogP contribution < -0.4 is 15.9 Å². The number of rotatable bonds is 2. The van der Waals surface area contributed by atoms with Gasteiger partial charge < -0.3 is 4.90 Å². The predicted octanol–water partition coefficient (Wildman–Crippen LogP) is 3.93. The SMILES string of the molecule is CC(C)N1Cc2ccccc2C2C(NNN2C(C)C)c2ccccc21. The molecule has 0 spiro atoms. The van der Waals surface area contributed by atoms with E-state index in [1.54, 1.807) is 0 Å². The molecule has 2 aromatic carbocycles. The van der Waals surface area contributed by atoms with E-state index in [0.29, 0.717) is 12.1 Å². The van der Waals surface area contributed by atoms with Crippen LogP contribution >= 0.6 is 0 Å². The number of nitrogens with one attached hydrogen (secondary N) is 2. The summed E-state index contributed by atoms with van der Waals surface area (Å²) in [5.41, 5.74) is 12.5. The van der Waals surface area contributed by atoms with Crippen molar-refractivity contribution in [2.45, 2.75) is 58.4 Å². The Bertz CT molecular complexity index is 755. The molecule has 2 atom stereocenters. The van der Waals surface area contributed by atoms with Crippen LogP contribution in [0.3, 0.4) is 0 Å². The third-order valence-electron chi connectivity index (χ3n) is 5.44. The second-order valence-corrected chi connectivity index (χ2v) is 7.66. The predicted molar refractivity (Wildman–Crippen MR) is 103 cm³/mol. The molecule has 2 aromatic rings. The Morgan fingerprint density at radius 1 is 0.880 bits per heavy atom. The molecule has 0 radical (unpaired) electrons. The summed E-state index contributed by atoms with van der Waals surface area (Å²) < 4.78 is 0. The van der Waals surface area contributed by atoms with Crippen LogP contribution in [0.25, 0.3) is 0 Å². The van der Waals surface area contributed by atoms with Gasteiger partial charge in [0.1, 0.15) is 0 Å². The minimum absolute atomic E-state index is 0.223. The number of anilines is 1. The van der Waals surface area contributed by atoms with Crippen LogP contribution in [0.4, 0.5) is 5.69 Å². The molecule has 25 heavy (non-hydrogen) atoms. The summed E-state index contributed by atoms with van der Waals surface area (Å²) in [7, 11) is 0. The number of hydrogen-bond donors (Lipinski definition) is 2. The zero-order valence-electron chi connectivity index (χ0n) is 15.5. The first-order chi connectivity index (χ1) is 12.1. The van der Waals surface area contributed by atoms with Gasteiger partial charge in [-0.3, -0.25) is 0 Å². The molecule has 4 rings (SSSR count). The van der Waals surface area contributed by atoms with E-state index in [0.717, 1.165) is 6.54 Å². The Kier molecular flexibility index (Phi) is 4.28. The summed E-state index contributed by atoms with van der Waals surface area (Å²) in [5, 5.41) is 2.35. The van der Waals surface area contributed by atoms with Gasteiger partial charge in [0.2, 0.25) is 0 Å². The normalized spacial score (nSPS) is 23.2. The summed E-state index contributed by atoms with van der Waals surface area (Å²) in [6, 6.07) is 19.1. The van der Waals surface area contributed by atoms with E-state index in [2.05, 4.69) is 97.1 Å². The number of hydrazine groups is 2. The minimum Gasteiger partial charge on any atom is -0.364 e. The fourth-order valence-corrected chi connectivity index (χ4v) is 4.19.